The van der Waals surface area contributed by atoms with Gasteiger partial charge in [-0.2, -0.15) is 0 Å². The molecule has 8 heteroatoms. The molecule has 3 saturated heterocycles. The van der Waals surface area contributed by atoms with Crippen LogP contribution in [0.25, 0.3) is 10.8 Å². The molecule has 3 fully saturated rings. The zero-order valence-electron chi connectivity index (χ0n) is 24.3. The van der Waals surface area contributed by atoms with E-state index in [0.717, 1.165) is 28.3 Å². The van der Waals surface area contributed by atoms with Crippen molar-refractivity contribution >= 4 is 45.9 Å². The second-order valence-electron chi connectivity index (χ2n) is 12.1. The number of carbonyl (C=O) groups is 3. The van der Waals surface area contributed by atoms with Crippen molar-refractivity contribution < 1.29 is 19.5 Å². The molecule has 0 aromatic heterocycles. The molecule has 7 rings (SSSR count). The average molecular weight is 606 g/mol. The molecule has 44 heavy (non-hydrogen) atoms. The number of anilines is 1. The number of nitrogens with zero attached hydrogens (tertiary/aromatic N) is 1. The van der Waals surface area contributed by atoms with E-state index in [0.29, 0.717) is 25.1 Å². The molecule has 4 aromatic carbocycles. The first kappa shape index (κ1) is 28.6. The van der Waals surface area contributed by atoms with Gasteiger partial charge < -0.3 is 20.6 Å². The van der Waals surface area contributed by atoms with Crippen molar-refractivity contribution in [2.45, 2.75) is 47.9 Å². The monoisotopic (exact) mass is 605 g/mol. The average Bonchev–Trinajstić information content (AvgIpc) is 3.71. The van der Waals surface area contributed by atoms with Gasteiger partial charge in [0.2, 0.25) is 17.7 Å². The maximum Gasteiger partial charge on any atom is 0.248 e. The van der Waals surface area contributed by atoms with Gasteiger partial charge in [-0.05, 0) is 53.3 Å². The molecule has 3 amide bonds. The summed E-state index contributed by atoms with van der Waals surface area (Å²) in [6.07, 6.45) is 1.83. The summed E-state index contributed by atoms with van der Waals surface area (Å²) in [6, 6.07) is 31.7. The molecule has 2 bridgehead atoms. The SMILES string of the molecule is O=C(Nc1ccc2ccccc2c1)C1N([C@@H](CO)Cc2ccccc2)C(=O)[C@@H]2[C@@H](C(=O)NCc3ccccc3)[C@H]3CCC12S3. The summed E-state index contributed by atoms with van der Waals surface area (Å²) in [7, 11) is 0. The smallest absolute Gasteiger partial charge is 0.248 e. The van der Waals surface area contributed by atoms with Crippen molar-refractivity contribution in [3.05, 3.63) is 114 Å². The molecule has 0 radical (unpaired) electrons. The third-order valence-electron chi connectivity index (χ3n) is 9.53. The maximum atomic E-state index is 14.5. The first-order chi connectivity index (χ1) is 21.5. The summed E-state index contributed by atoms with van der Waals surface area (Å²) < 4.78 is -0.748. The van der Waals surface area contributed by atoms with E-state index < -0.39 is 28.7 Å². The second kappa shape index (κ2) is 11.7. The fourth-order valence-corrected chi connectivity index (χ4v) is 9.81. The lowest BCUT2D eigenvalue weighted by Crippen LogP contribution is -2.55. The fraction of sp³-hybridized carbons (Fsp3) is 0.306. The number of likely N-dealkylation sites (tertiary alicyclic amines) is 1. The number of nitrogens with one attached hydrogen (secondary N) is 2. The van der Waals surface area contributed by atoms with Crippen LogP contribution >= 0.6 is 11.8 Å². The van der Waals surface area contributed by atoms with Crippen LogP contribution in [-0.2, 0) is 27.3 Å². The molecule has 3 aliphatic heterocycles. The van der Waals surface area contributed by atoms with Crippen LogP contribution in [-0.4, -0.2) is 56.4 Å². The van der Waals surface area contributed by atoms with Gasteiger partial charge in [0, 0.05) is 17.5 Å². The largest absolute Gasteiger partial charge is 0.394 e. The minimum atomic E-state index is -0.825. The first-order valence-electron chi connectivity index (χ1n) is 15.2. The molecule has 7 nitrogen and oxygen atoms in total. The van der Waals surface area contributed by atoms with Gasteiger partial charge in [0.15, 0.2) is 0 Å². The van der Waals surface area contributed by atoms with Crippen molar-refractivity contribution in [3.8, 4) is 0 Å². The molecular weight excluding hydrogens is 570 g/mol. The van der Waals surface area contributed by atoms with Gasteiger partial charge in [0.1, 0.15) is 6.04 Å². The molecule has 4 aromatic rings. The molecule has 0 aliphatic carbocycles. The van der Waals surface area contributed by atoms with Crippen molar-refractivity contribution in [2.75, 3.05) is 11.9 Å². The molecule has 1 spiro atoms. The first-order valence-corrected chi connectivity index (χ1v) is 16.1. The van der Waals surface area contributed by atoms with Crippen molar-refractivity contribution in [1.82, 2.24) is 10.2 Å². The topological polar surface area (TPSA) is 98.7 Å². The maximum absolute atomic E-state index is 14.5. The number of amides is 3. The van der Waals surface area contributed by atoms with Crippen molar-refractivity contribution in [3.63, 3.8) is 0 Å². The lowest BCUT2D eigenvalue weighted by Gasteiger charge is -2.37. The number of benzene rings is 4. The Morgan fingerprint density at radius 2 is 1.57 bits per heavy atom. The summed E-state index contributed by atoms with van der Waals surface area (Å²) in [6.45, 7) is 0.0898. The Balaban J connectivity index is 1.22. The summed E-state index contributed by atoms with van der Waals surface area (Å²) in [5.74, 6) is -1.82. The predicted molar refractivity (Wildman–Crippen MR) is 173 cm³/mol. The molecule has 224 valence electrons. The van der Waals surface area contributed by atoms with E-state index in [1.165, 1.54) is 0 Å². The lowest BCUT2D eigenvalue weighted by molar-refractivity contribution is -0.142. The van der Waals surface area contributed by atoms with Crippen LogP contribution in [0.3, 0.4) is 0 Å². The Bertz CT molecular complexity index is 1700. The molecule has 0 saturated carbocycles. The molecule has 3 N–H and O–H groups in total. The normalized spacial score (nSPS) is 26.0. The number of hydrogen-bond acceptors (Lipinski definition) is 5. The van der Waals surface area contributed by atoms with E-state index in [2.05, 4.69) is 10.6 Å². The number of aliphatic hydroxyl groups excluding tert-OH is 1. The van der Waals surface area contributed by atoms with E-state index in [4.69, 9.17) is 0 Å². The van der Waals surface area contributed by atoms with E-state index in [9.17, 15) is 19.5 Å². The highest BCUT2D eigenvalue weighted by atomic mass is 32.2. The minimum absolute atomic E-state index is 0.0421. The Kier molecular flexibility index (Phi) is 7.64. The molecule has 3 heterocycles. The standard InChI is InChI=1S/C36H35N3O4S/c40-22-28(19-23-9-3-1-4-10-23)39-32(34(42)38-27-16-15-25-13-7-8-14-26(25)20-27)36-18-17-29(44-36)30(31(36)35(39)43)33(41)37-21-24-11-5-2-6-12-24/h1-16,20,28-32,40H,17-19,21-22H2,(H,37,41)(H,38,42)/t28-,29-,30+,31+,32?,36?/m1/s1. The third kappa shape index (κ3) is 4.96. The zero-order chi connectivity index (χ0) is 30.3. The van der Waals surface area contributed by atoms with Crippen molar-refractivity contribution in [2.24, 2.45) is 11.8 Å². The quantitative estimate of drug-likeness (QED) is 0.255. The van der Waals surface area contributed by atoms with Crippen LogP contribution in [0.2, 0.25) is 0 Å². The van der Waals surface area contributed by atoms with Gasteiger partial charge >= 0.3 is 0 Å². The number of thioether (sulfide) groups is 1. The third-order valence-corrected chi connectivity index (χ3v) is 11.5. The Morgan fingerprint density at radius 1 is 0.886 bits per heavy atom. The molecule has 2 unspecified atom stereocenters. The van der Waals surface area contributed by atoms with E-state index in [-0.39, 0.29) is 29.6 Å². The van der Waals surface area contributed by atoms with Crippen molar-refractivity contribution in [1.29, 1.82) is 0 Å². The van der Waals surface area contributed by atoms with Gasteiger partial charge in [-0.15, -0.1) is 11.8 Å². The van der Waals surface area contributed by atoms with E-state index >= 15 is 0 Å². The molecule has 3 aliphatic rings. The number of fused-ring (bicyclic) bond motifs is 2. The van der Waals surface area contributed by atoms with Gasteiger partial charge in [-0.1, -0.05) is 91.0 Å². The minimum Gasteiger partial charge on any atom is -0.394 e. The van der Waals surface area contributed by atoms with Crippen LogP contribution in [0.15, 0.2) is 103 Å². The second-order valence-corrected chi connectivity index (χ2v) is 13.7. The lowest BCUT2D eigenvalue weighted by atomic mass is 9.70. The van der Waals surface area contributed by atoms with E-state index in [1.54, 1.807) is 16.7 Å². The Labute approximate surface area is 261 Å². The van der Waals surface area contributed by atoms with Crippen LogP contribution in [0, 0.1) is 11.8 Å². The summed E-state index contributed by atoms with van der Waals surface area (Å²) in [5, 5.41) is 18.9. The summed E-state index contributed by atoms with van der Waals surface area (Å²) >= 11 is 1.63. The highest BCUT2D eigenvalue weighted by Gasteiger charge is 2.74. The Hall–Kier alpha value is -4.14. The highest BCUT2D eigenvalue weighted by Crippen LogP contribution is 2.66. The molecular formula is C36H35N3O4S. The van der Waals surface area contributed by atoms with Crippen LogP contribution < -0.4 is 10.6 Å². The van der Waals surface area contributed by atoms with Gasteiger partial charge in [-0.25, -0.2) is 0 Å². The van der Waals surface area contributed by atoms with E-state index in [1.807, 2.05) is 103 Å². The van der Waals surface area contributed by atoms with Crippen LogP contribution in [0.5, 0.6) is 0 Å². The highest BCUT2D eigenvalue weighted by molar-refractivity contribution is 8.02. The summed E-state index contributed by atoms with van der Waals surface area (Å²) in [4.78, 5) is 44.3. The van der Waals surface area contributed by atoms with Crippen LogP contribution in [0.1, 0.15) is 24.0 Å². The number of hydrogen-bond donors (Lipinski definition) is 3. The number of aliphatic hydroxyl groups is 1. The fourth-order valence-electron chi connectivity index (χ4n) is 7.60. The number of rotatable bonds is 9. The van der Waals surface area contributed by atoms with Crippen LogP contribution in [0.4, 0.5) is 5.69 Å². The predicted octanol–water partition coefficient (Wildman–Crippen LogP) is 4.79. The van der Waals surface area contributed by atoms with Gasteiger partial charge in [0.25, 0.3) is 0 Å². The Morgan fingerprint density at radius 3 is 2.30 bits per heavy atom. The van der Waals surface area contributed by atoms with Gasteiger partial charge in [0.05, 0.1) is 29.2 Å². The summed E-state index contributed by atoms with van der Waals surface area (Å²) in [5.41, 5.74) is 2.61. The molecule has 6 atom stereocenters. The number of carbonyl (C=O) groups excluding carboxylic acids is 3. The van der Waals surface area contributed by atoms with Gasteiger partial charge in [-0.3, -0.25) is 14.4 Å². The zero-order valence-corrected chi connectivity index (χ0v) is 25.1.